The molecule has 3 heterocycles. The number of aryl methyl sites for hydroxylation is 1. The summed E-state index contributed by atoms with van der Waals surface area (Å²) in [4.78, 5) is 7.62. The number of rotatable bonds is 4. The molecule has 0 radical (unpaired) electrons. The first-order chi connectivity index (χ1) is 15.7. The number of aromatic nitrogens is 4. The Bertz CT molecular complexity index is 1480. The van der Waals surface area contributed by atoms with Crippen molar-refractivity contribution in [2.24, 2.45) is 4.36 Å². The molecule has 1 aromatic carbocycles. The summed E-state index contributed by atoms with van der Waals surface area (Å²) in [6.07, 6.45) is -7.04. The second-order valence-corrected chi connectivity index (χ2v) is 9.18. The Balaban J connectivity index is 1.76. The first-order valence-corrected chi connectivity index (χ1v) is 11.1. The predicted molar refractivity (Wildman–Crippen MR) is 106 cm³/mol. The molecule has 4 rings (SSSR count). The number of fused-ring (bicyclic) bond motifs is 1. The predicted octanol–water partition coefficient (Wildman–Crippen LogP) is 5.40. The van der Waals surface area contributed by atoms with Crippen molar-refractivity contribution >= 4 is 21.1 Å². The number of hydrogen-bond acceptors (Lipinski definition) is 7. The summed E-state index contributed by atoms with van der Waals surface area (Å²) in [5.41, 5.74) is 0.902. The molecular weight excluding hydrogens is 492 g/mol. The Hall–Kier alpha value is -3.62. The second-order valence-electron chi connectivity index (χ2n) is 7.00. The third-order valence-electron chi connectivity index (χ3n) is 4.37. The summed E-state index contributed by atoms with van der Waals surface area (Å²) < 4.78 is 102. The van der Waals surface area contributed by atoms with Crippen molar-refractivity contribution in [1.82, 2.24) is 19.5 Å². The molecule has 0 bridgehead atoms. The van der Waals surface area contributed by atoms with Crippen molar-refractivity contribution in [3.8, 4) is 17.1 Å². The number of alkyl halides is 6. The number of benzene rings is 1. The van der Waals surface area contributed by atoms with Gasteiger partial charge in [0.15, 0.2) is 0 Å². The fourth-order valence-corrected chi connectivity index (χ4v) is 4.85. The number of ether oxygens (including phenoxy) is 1. The standard InChI is InChI=1S/C19H13F6N5O3S/c1-10-16(34(2,31)29-12-4-6-13(7-5-12)32-19(23,24)25)30-9-11(3-8-14(30)26-10)15-27-17(33-28-15)18(20,21)22/h3-9H,1-2H3. The van der Waals surface area contributed by atoms with E-state index in [-0.39, 0.29) is 22.1 Å². The molecule has 0 amide bonds. The van der Waals surface area contributed by atoms with Gasteiger partial charge in [0.05, 0.1) is 21.1 Å². The van der Waals surface area contributed by atoms with Crippen LogP contribution in [0.2, 0.25) is 0 Å². The van der Waals surface area contributed by atoms with E-state index >= 15 is 0 Å². The Morgan fingerprint density at radius 2 is 1.71 bits per heavy atom. The van der Waals surface area contributed by atoms with Crippen LogP contribution in [0.15, 0.2) is 56.5 Å². The number of hydrogen-bond donors (Lipinski definition) is 0. The van der Waals surface area contributed by atoms with Crippen LogP contribution in [-0.4, -0.2) is 36.4 Å². The lowest BCUT2D eigenvalue weighted by Gasteiger charge is -2.09. The summed E-state index contributed by atoms with van der Waals surface area (Å²) in [6, 6.07) is 7.34. The minimum absolute atomic E-state index is 0.112. The van der Waals surface area contributed by atoms with Gasteiger partial charge in [-0.05, 0) is 43.3 Å². The maximum absolute atomic E-state index is 13.5. The van der Waals surface area contributed by atoms with Gasteiger partial charge >= 0.3 is 18.4 Å². The van der Waals surface area contributed by atoms with E-state index in [1.54, 1.807) is 6.92 Å². The summed E-state index contributed by atoms with van der Waals surface area (Å²) in [7, 11) is -3.22. The lowest BCUT2D eigenvalue weighted by atomic mass is 10.3. The number of pyridine rings is 1. The molecular formula is C19H13F6N5O3S. The molecule has 0 aliphatic carbocycles. The fourth-order valence-electron chi connectivity index (χ4n) is 3.14. The summed E-state index contributed by atoms with van der Waals surface area (Å²) in [5, 5.41) is 3.47. The number of imidazole rings is 1. The highest BCUT2D eigenvalue weighted by Gasteiger charge is 2.38. The molecule has 3 aromatic heterocycles. The third-order valence-corrected chi connectivity index (χ3v) is 6.14. The van der Waals surface area contributed by atoms with Crippen LogP contribution in [0.3, 0.4) is 0 Å². The Kier molecular flexibility index (Phi) is 5.54. The largest absolute Gasteiger partial charge is 0.573 e. The van der Waals surface area contributed by atoms with Crippen molar-refractivity contribution < 1.29 is 39.8 Å². The molecule has 34 heavy (non-hydrogen) atoms. The van der Waals surface area contributed by atoms with Crippen molar-refractivity contribution in [3.63, 3.8) is 0 Å². The summed E-state index contributed by atoms with van der Waals surface area (Å²) in [6.45, 7) is 1.57. The topological polar surface area (TPSA) is 94.9 Å². The highest BCUT2D eigenvalue weighted by Crippen LogP contribution is 2.31. The van der Waals surface area contributed by atoms with Gasteiger partial charge in [0.25, 0.3) is 0 Å². The van der Waals surface area contributed by atoms with Crippen molar-refractivity contribution in [1.29, 1.82) is 0 Å². The van der Waals surface area contributed by atoms with E-state index in [9.17, 15) is 30.6 Å². The lowest BCUT2D eigenvalue weighted by Crippen LogP contribution is -2.16. The molecule has 0 aliphatic rings. The van der Waals surface area contributed by atoms with Crippen LogP contribution in [0, 0.1) is 6.92 Å². The van der Waals surface area contributed by atoms with E-state index in [2.05, 4.69) is 28.7 Å². The molecule has 0 aliphatic heterocycles. The van der Waals surface area contributed by atoms with Crippen molar-refractivity contribution in [2.75, 3.05) is 6.26 Å². The molecule has 15 heteroatoms. The van der Waals surface area contributed by atoms with E-state index in [1.165, 1.54) is 41.1 Å². The minimum Gasteiger partial charge on any atom is -0.406 e. The Labute approximate surface area is 187 Å². The van der Waals surface area contributed by atoms with Gasteiger partial charge in [0.2, 0.25) is 5.82 Å². The number of halogens is 6. The molecule has 4 aromatic rings. The van der Waals surface area contributed by atoms with E-state index in [0.29, 0.717) is 11.3 Å². The van der Waals surface area contributed by atoms with Gasteiger partial charge in [-0.15, -0.1) is 13.2 Å². The van der Waals surface area contributed by atoms with Crippen molar-refractivity contribution in [2.45, 2.75) is 24.5 Å². The second kappa shape index (κ2) is 8.00. The fraction of sp³-hybridized carbons (Fsp3) is 0.211. The van der Waals surface area contributed by atoms with Crippen LogP contribution in [0.4, 0.5) is 32.0 Å². The lowest BCUT2D eigenvalue weighted by molar-refractivity contribution is -0.274. The normalized spacial score (nSPS) is 14.2. The molecule has 0 N–H and O–H groups in total. The summed E-state index contributed by atoms with van der Waals surface area (Å²) >= 11 is 0. The third kappa shape index (κ3) is 4.83. The van der Waals surface area contributed by atoms with Crippen LogP contribution in [-0.2, 0) is 15.9 Å². The zero-order valence-electron chi connectivity index (χ0n) is 17.2. The van der Waals surface area contributed by atoms with E-state index in [1.807, 2.05) is 0 Å². The van der Waals surface area contributed by atoms with Gasteiger partial charge < -0.3 is 9.26 Å². The van der Waals surface area contributed by atoms with Gasteiger partial charge in [0, 0.05) is 18.0 Å². The molecule has 0 saturated carbocycles. The van der Waals surface area contributed by atoms with Crippen LogP contribution < -0.4 is 4.74 Å². The van der Waals surface area contributed by atoms with E-state index in [4.69, 9.17) is 0 Å². The highest BCUT2D eigenvalue weighted by molar-refractivity contribution is 7.93. The first-order valence-electron chi connectivity index (χ1n) is 9.21. The smallest absolute Gasteiger partial charge is 0.406 e. The van der Waals surface area contributed by atoms with E-state index in [0.717, 1.165) is 12.1 Å². The molecule has 0 fully saturated rings. The SMILES string of the molecule is Cc1nc2ccc(-c3noc(C(F)(F)F)n3)cn2c1S(C)(=O)=Nc1ccc(OC(F)(F)F)cc1. The van der Waals surface area contributed by atoms with Gasteiger partial charge in [-0.25, -0.2) is 9.19 Å². The zero-order valence-corrected chi connectivity index (χ0v) is 18.0. The van der Waals surface area contributed by atoms with Gasteiger partial charge in [-0.2, -0.15) is 22.5 Å². The van der Waals surface area contributed by atoms with Gasteiger partial charge in [0.1, 0.15) is 16.4 Å². The summed E-state index contributed by atoms with van der Waals surface area (Å²) in [5.74, 6) is -2.33. The Morgan fingerprint density at radius 1 is 1.03 bits per heavy atom. The van der Waals surface area contributed by atoms with E-state index < -0.39 is 33.9 Å². The monoisotopic (exact) mass is 505 g/mol. The van der Waals surface area contributed by atoms with Crippen LogP contribution in [0.1, 0.15) is 11.6 Å². The zero-order chi connectivity index (χ0) is 24.9. The van der Waals surface area contributed by atoms with Crippen LogP contribution in [0.5, 0.6) is 5.75 Å². The average Bonchev–Trinajstić information content (AvgIpc) is 3.31. The van der Waals surface area contributed by atoms with Crippen LogP contribution >= 0.6 is 0 Å². The molecule has 0 saturated heterocycles. The average molecular weight is 505 g/mol. The maximum atomic E-state index is 13.5. The molecule has 8 nitrogen and oxygen atoms in total. The van der Waals surface area contributed by atoms with Crippen molar-refractivity contribution in [3.05, 3.63) is 54.2 Å². The molecule has 180 valence electrons. The quantitative estimate of drug-likeness (QED) is 0.345. The highest BCUT2D eigenvalue weighted by atomic mass is 32.2. The van der Waals surface area contributed by atoms with Crippen LogP contribution in [0.25, 0.3) is 17.0 Å². The van der Waals surface area contributed by atoms with Gasteiger partial charge in [-0.1, -0.05) is 5.16 Å². The molecule has 0 spiro atoms. The maximum Gasteiger partial charge on any atom is 0.573 e. The minimum atomic E-state index is -4.86. The van der Waals surface area contributed by atoms with Gasteiger partial charge in [-0.3, -0.25) is 4.40 Å². The molecule has 1 unspecified atom stereocenters. The number of nitrogens with zero attached hydrogens (tertiary/aromatic N) is 5. The molecule has 1 atom stereocenters. The first kappa shape index (κ1) is 23.5. The Morgan fingerprint density at radius 3 is 2.29 bits per heavy atom.